The zero-order valence-corrected chi connectivity index (χ0v) is 6.50. The number of fused-ring (bicyclic) bond motifs is 1. The zero-order valence-electron chi connectivity index (χ0n) is 6.50. The van der Waals surface area contributed by atoms with E-state index in [1.165, 1.54) is 0 Å². The summed E-state index contributed by atoms with van der Waals surface area (Å²) >= 11 is 0. The molecular formula is C7H10N4O. The number of hydrogen-bond donors (Lipinski definition) is 3. The molecule has 1 aromatic rings. The van der Waals surface area contributed by atoms with Crippen LogP contribution in [-0.2, 0) is 11.2 Å². The SMILES string of the molecule is NC(=O)C1NCCc2[nH]cnc21. The van der Waals surface area contributed by atoms with Crippen LogP contribution in [0.1, 0.15) is 17.4 Å². The Kier molecular flexibility index (Phi) is 1.58. The maximum absolute atomic E-state index is 10.9. The summed E-state index contributed by atoms with van der Waals surface area (Å²) in [4.78, 5) is 17.9. The highest BCUT2D eigenvalue weighted by Crippen LogP contribution is 2.17. The second-order valence-corrected chi connectivity index (χ2v) is 2.81. The number of hydrogen-bond acceptors (Lipinski definition) is 3. The summed E-state index contributed by atoms with van der Waals surface area (Å²) in [5.74, 6) is -0.372. The van der Waals surface area contributed by atoms with E-state index >= 15 is 0 Å². The summed E-state index contributed by atoms with van der Waals surface area (Å²) in [7, 11) is 0. The average molecular weight is 166 g/mol. The van der Waals surface area contributed by atoms with Gasteiger partial charge in [-0.1, -0.05) is 0 Å². The van der Waals surface area contributed by atoms with Crippen LogP contribution in [0.4, 0.5) is 0 Å². The molecule has 5 heteroatoms. The van der Waals surface area contributed by atoms with Crippen LogP contribution in [0.15, 0.2) is 6.33 Å². The topological polar surface area (TPSA) is 83.8 Å². The molecule has 1 aromatic heterocycles. The zero-order chi connectivity index (χ0) is 8.55. The Balaban J connectivity index is 2.37. The normalized spacial score (nSPS) is 21.8. The maximum Gasteiger partial charge on any atom is 0.240 e. The molecule has 0 bridgehead atoms. The lowest BCUT2D eigenvalue weighted by Gasteiger charge is -2.19. The summed E-state index contributed by atoms with van der Waals surface area (Å²) in [5.41, 5.74) is 6.94. The van der Waals surface area contributed by atoms with Crippen molar-refractivity contribution in [3.8, 4) is 0 Å². The monoisotopic (exact) mass is 166 g/mol. The smallest absolute Gasteiger partial charge is 0.240 e. The van der Waals surface area contributed by atoms with E-state index in [4.69, 9.17) is 5.73 Å². The number of nitrogens with two attached hydrogens (primary N) is 1. The third-order valence-corrected chi connectivity index (χ3v) is 2.03. The number of carbonyl (C=O) groups excluding carboxylic acids is 1. The lowest BCUT2D eigenvalue weighted by molar-refractivity contribution is -0.120. The van der Waals surface area contributed by atoms with Gasteiger partial charge in [0.05, 0.1) is 12.0 Å². The molecule has 0 spiro atoms. The molecule has 1 unspecified atom stereocenters. The van der Waals surface area contributed by atoms with E-state index in [9.17, 15) is 4.79 Å². The van der Waals surface area contributed by atoms with Crippen molar-refractivity contribution in [1.82, 2.24) is 15.3 Å². The molecule has 5 nitrogen and oxygen atoms in total. The van der Waals surface area contributed by atoms with Crippen LogP contribution in [0.25, 0.3) is 0 Å². The summed E-state index contributed by atoms with van der Waals surface area (Å²) in [6.45, 7) is 0.767. The summed E-state index contributed by atoms with van der Waals surface area (Å²) in [6.07, 6.45) is 2.46. The first kappa shape index (κ1) is 7.30. The summed E-state index contributed by atoms with van der Waals surface area (Å²) in [6, 6.07) is -0.417. The van der Waals surface area contributed by atoms with Crippen LogP contribution in [0.3, 0.4) is 0 Å². The lowest BCUT2D eigenvalue weighted by atomic mass is 10.1. The number of primary amides is 1. The first-order valence-corrected chi connectivity index (χ1v) is 3.84. The van der Waals surface area contributed by atoms with Gasteiger partial charge >= 0.3 is 0 Å². The second-order valence-electron chi connectivity index (χ2n) is 2.81. The van der Waals surface area contributed by atoms with Gasteiger partial charge < -0.3 is 16.0 Å². The predicted octanol–water partition coefficient (Wildman–Crippen LogP) is -0.918. The Morgan fingerprint density at radius 1 is 1.75 bits per heavy atom. The average Bonchev–Trinajstić information content (AvgIpc) is 2.49. The highest BCUT2D eigenvalue weighted by Gasteiger charge is 2.25. The second kappa shape index (κ2) is 2.60. The predicted molar refractivity (Wildman–Crippen MR) is 42.2 cm³/mol. The van der Waals surface area contributed by atoms with Gasteiger partial charge in [-0.15, -0.1) is 0 Å². The first-order chi connectivity index (χ1) is 5.79. The lowest BCUT2D eigenvalue weighted by Crippen LogP contribution is -2.38. The fourth-order valence-electron chi connectivity index (χ4n) is 1.45. The van der Waals surface area contributed by atoms with Crippen molar-refractivity contribution < 1.29 is 4.79 Å². The van der Waals surface area contributed by atoms with Gasteiger partial charge in [-0.2, -0.15) is 0 Å². The molecule has 4 N–H and O–H groups in total. The van der Waals surface area contributed by atoms with Crippen molar-refractivity contribution in [3.63, 3.8) is 0 Å². The Hall–Kier alpha value is -1.36. The number of carbonyl (C=O) groups is 1. The molecule has 0 fully saturated rings. The van der Waals surface area contributed by atoms with Gasteiger partial charge in [0.1, 0.15) is 6.04 Å². The Morgan fingerprint density at radius 3 is 3.33 bits per heavy atom. The third-order valence-electron chi connectivity index (χ3n) is 2.03. The number of rotatable bonds is 1. The molecule has 0 saturated carbocycles. The highest BCUT2D eigenvalue weighted by atomic mass is 16.1. The summed E-state index contributed by atoms with van der Waals surface area (Å²) in [5, 5.41) is 3.00. The van der Waals surface area contributed by atoms with Crippen molar-refractivity contribution in [2.24, 2.45) is 5.73 Å². The van der Waals surface area contributed by atoms with Crippen molar-refractivity contribution in [2.45, 2.75) is 12.5 Å². The number of amides is 1. The molecule has 0 radical (unpaired) electrons. The van der Waals surface area contributed by atoms with E-state index in [1.807, 2.05) is 0 Å². The molecule has 2 rings (SSSR count). The minimum Gasteiger partial charge on any atom is -0.368 e. The van der Waals surface area contributed by atoms with Crippen LogP contribution in [0.2, 0.25) is 0 Å². The maximum atomic E-state index is 10.9. The van der Waals surface area contributed by atoms with Gasteiger partial charge in [-0.05, 0) is 0 Å². The molecule has 1 aliphatic heterocycles. The van der Waals surface area contributed by atoms with E-state index in [0.29, 0.717) is 0 Å². The number of imidazole rings is 1. The molecule has 12 heavy (non-hydrogen) atoms. The minimum absolute atomic E-state index is 0.372. The molecule has 1 amide bonds. The molecule has 64 valence electrons. The van der Waals surface area contributed by atoms with Crippen LogP contribution in [0.5, 0.6) is 0 Å². The number of H-pyrrole nitrogens is 1. The number of nitrogens with one attached hydrogen (secondary N) is 2. The number of aromatic nitrogens is 2. The van der Waals surface area contributed by atoms with E-state index in [-0.39, 0.29) is 5.91 Å². The van der Waals surface area contributed by atoms with E-state index in [0.717, 1.165) is 24.4 Å². The van der Waals surface area contributed by atoms with Gasteiger partial charge in [0, 0.05) is 18.7 Å². The fourth-order valence-corrected chi connectivity index (χ4v) is 1.45. The van der Waals surface area contributed by atoms with Crippen LogP contribution in [-0.4, -0.2) is 22.4 Å². The Morgan fingerprint density at radius 2 is 2.58 bits per heavy atom. The van der Waals surface area contributed by atoms with E-state index in [1.54, 1.807) is 6.33 Å². The molecule has 1 aliphatic rings. The first-order valence-electron chi connectivity index (χ1n) is 3.84. The molecule has 1 atom stereocenters. The standard InChI is InChI=1S/C7H10N4O/c8-7(12)6-5-4(1-2-9-6)10-3-11-5/h3,6,9H,1-2H2,(H2,8,12)(H,10,11). The van der Waals surface area contributed by atoms with Crippen molar-refractivity contribution >= 4 is 5.91 Å². The Labute approximate surface area is 69.4 Å². The van der Waals surface area contributed by atoms with Crippen LogP contribution < -0.4 is 11.1 Å². The Bertz CT molecular complexity index is 306. The molecule has 0 aliphatic carbocycles. The van der Waals surface area contributed by atoms with Crippen LogP contribution in [0, 0.1) is 0 Å². The van der Waals surface area contributed by atoms with Crippen LogP contribution >= 0.6 is 0 Å². The molecular weight excluding hydrogens is 156 g/mol. The highest BCUT2D eigenvalue weighted by molar-refractivity contribution is 5.81. The quantitative estimate of drug-likeness (QED) is 0.504. The van der Waals surface area contributed by atoms with Crippen molar-refractivity contribution in [3.05, 3.63) is 17.7 Å². The van der Waals surface area contributed by atoms with Gasteiger partial charge in [-0.3, -0.25) is 4.79 Å². The number of aromatic amines is 1. The van der Waals surface area contributed by atoms with Crippen molar-refractivity contribution in [1.29, 1.82) is 0 Å². The third kappa shape index (κ3) is 0.984. The largest absolute Gasteiger partial charge is 0.368 e. The molecule has 0 saturated heterocycles. The van der Waals surface area contributed by atoms with Gasteiger partial charge in [-0.25, -0.2) is 4.98 Å². The van der Waals surface area contributed by atoms with Gasteiger partial charge in [0.2, 0.25) is 5.91 Å². The van der Waals surface area contributed by atoms with Gasteiger partial charge in [0.15, 0.2) is 0 Å². The summed E-state index contributed by atoms with van der Waals surface area (Å²) < 4.78 is 0. The fraction of sp³-hybridized carbons (Fsp3) is 0.429. The van der Waals surface area contributed by atoms with Gasteiger partial charge in [0.25, 0.3) is 0 Å². The number of nitrogens with zero attached hydrogens (tertiary/aromatic N) is 1. The minimum atomic E-state index is -0.417. The molecule has 0 aromatic carbocycles. The molecule has 2 heterocycles. The van der Waals surface area contributed by atoms with E-state index < -0.39 is 6.04 Å². The van der Waals surface area contributed by atoms with E-state index in [2.05, 4.69) is 15.3 Å². The van der Waals surface area contributed by atoms with Crippen molar-refractivity contribution in [2.75, 3.05) is 6.54 Å².